The molecule has 0 aromatic heterocycles. The summed E-state index contributed by atoms with van der Waals surface area (Å²) in [5, 5.41) is 3.04. The van der Waals surface area contributed by atoms with Crippen molar-refractivity contribution < 1.29 is 13.2 Å². The van der Waals surface area contributed by atoms with Gasteiger partial charge >= 0.3 is 0 Å². The van der Waals surface area contributed by atoms with E-state index < -0.39 is 10.0 Å². The molecule has 1 saturated heterocycles. The van der Waals surface area contributed by atoms with E-state index in [1.54, 1.807) is 18.2 Å². The summed E-state index contributed by atoms with van der Waals surface area (Å²) >= 11 is 0. The molecule has 0 aliphatic carbocycles. The average Bonchev–Trinajstić information content (AvgIpc) is 2.97. The summed E-state index contributed by atoms with van der Waals surface area (Å²) in [4.78, 5) is 15.0. The number of rotatable bonds is 2. The Balaban J connectivity index is 1.54. The van der Waals surface area contributed by atoms with Gasteiger partial charge in [-0.15, -0.1) is 4.40 Å². The summed E-state index contributed by atoms with van der Waals surface area (Å²) in [6.45, 7) is 5.16. The molecule has 7 heteroatoms. The number of hydrogen-bond acceptors (Lipinski definition) is 4. The van der Waals surface area contributed by atoms with Crippen molar-refractivity contribution in [2.45, 2.75) is 31.6 Å². The number of carbonyl (C=O) groups is 1. The zero-order chi connectivity index (χ0) is 19.9. The van der Waals surface area contributed by atoms with Crippen LogP contribution in [-0.4, -0.2) is 38.2 Å². The van der Waals surface area contributed by atoms with E-state index in [1.807, 2.05) is 43.0 Å². The van der Waals surface area contributed by atoms with Crippen molar-refractivity contribution in [1.82, 2.24) is 4.90 Å². The molecule has 2 heterocycles. The van der Waals surface area contributed by atoms with Gasteiger partial charge in [0, 0.05) is 24.3 Å². The smallest absolute Gasteiger partial charge is 0.285 e. The van der Waals surface area contributed by atoms with Gasteiger partial charge in [-0.25, -0.2) is 0 Å². The molecule has 2 aromatic carbocycles. The standard InChI is InChI=1S/C21H23N3O3S/c1-14-7-5-10-18(15(14)2)22-21(25)16-8-6-12-24(13-16)20-17-9-3-4-11-19(17)28(26,27)23-20/h3-5,7,9-11,16H,6,8,12-13H2,1-2H3,(H,22,25)/t16-/m0/s1. The first kappa shape index (κ1) is 18.7. The molecule has 1 N–H and O–H groups in total. The second-order valence-electron chi connectivity index (χ2n) is 7.41. The molecule has 4 rings (SSSR count). The van der Waals surface area contributed by atoms with E-state index in [-0.39, 0.29) is 16.7 Å². The molecule has 2 aromatic rings. The van der Waals surface area contributed by atoms with Crippen molar-refractivity contribution in [2.24, 2.45) is 10.3 Å². The van der Waals surface area contributed by atoms with Crippen molar-refractivity contribution >= 4 is 27.5 Å². The lowest BCUT2D eigenvalue weighted by molar-refractivity contribution is -0.121. The maximum absolute atomic E-state index is 12.9. The fourth-order valence-electron chi connectivity index (χ4n) is 3.82. The van der Waals surface area contributed by atoms with Crippen LogP contribution < -0.4 is 5.32 Å². The van der Waals surface area contributed by atoms with Crippen LogP contribution in [0.2, 0.25) is 0 Å². The second kappa shape index (κ2) is 7.05. The normalized spacial score (nSPS) is 20.4. The minimum atomic E-state index is -3.66. The molecule has 28 heavy (non-hydrogen) atoms. The average molecular weight is 398 g/mol. The van der Waals surface area contributed by atoms with Crippen LogP contribution in [0.4, 0.5) is 5.69 Å². The predicted molar refractivity (Wildman–Crippen MR) is 109 cm³/mol. The van der Waals surface area contributed by atoms with Crippen molar-refractivity contribution in [3.05, 3.63) is 59.2 Å². The Morgan fingerprint density at radius 3 is 2.75 bits per heavy atom. The maximum atomic E-state index is 12.9. The van der Waals surface area contributed by atoms with Gasteiger partial charge in [0.15, 0.2) is 5.84 Å². The van der Waals surface area contributed by atoms with E-state index >= 15 is 0 Å². The van der Waals surface area contributed by atoms with Crippen LogP contribution in [0.1, 0.15) is 29.5 Å². The zero-order valence-corrected chi connectivity index (χ0v) is 16.8. The Bertz CT molecular complexity index is 1080. The molecule has 2 aliphatic heterocycles. The first-order valence-electron chi connectivity index (χ1n) is 9.43. The summed E-state index contributed by atoms with van der Waals surface area (Å²) in [7, 11) is -3.66. The van der Waals surface area contributed by atoms with E-state index in [1.165, 1.54) is 0 Å². The Morgan fingerprint density at radius 2 is 1.93 bits per heavy atom. The number of nitrogens with one attached hydrogen (secondary N) is 1. The molecule has 146 valence electrons. The van der Waals surface area contributed by atoms with Crippen LogP contribution >= 0.6 is 0 Å². The predicted octanol–water partition coefficient (Wildman–Crippen LogP) is 3.10. The molecule has 0 saturated carbocycles. The molecule has 1 atom stereocenters. The molecule has 1 amide bonds. The van der Waals surface area contributed by atoms with Gasteiger partial charge in [0.1, 0.15) is 4.90 Å². The van der Waals surface area contributed by atoms with E-state index in [4.69, 9.17) is 0 Å². The molecule has 6 nitrogen and oxygen atoms in total. The third-order valence-electron chi connectivity index (χ3n) is 5.57. The third kappa shape index (κ3) is 3.30. The first-order valence-corrected chi connectivity index (χ1v) is 10.9. The fourth-order valence-corrected chi connectivity index (χ4v) is 5.05. The van der Waals surface area contributed by atoms with Gasteiger partial charge in [-0.1, -0.05) is 24.3 Å². The van der Waals surface area contributed by atoms with Crippen LogP contribution in [0.5, 0.6) is 0 Å². The van der Waals surface area contributed by atoms with Gasteiger partial charge in [-0.05, 0) is 56.0 Å². The lowest BCUT2D eigenvalue weighted by Crippen LogP contribution is -2.43. The minimum absolute atomic E-state index is 0.0341. The van der Waals surface area contributed by atoms with Gasteiger partial charge in [-0.2, -0.15) is 8.42 Å². The fraction of sp³-hybridized carbons (Fsp3) is 0.333. The number of hydrogen-bond donors (Lipinski definition) is 1. The largest absolute Gasteiger partial charge is 0.355 e. The monoisotopic (exact) mass is 397 g/mol. The lowest BCUT2D eigenvalue weighted by atomic mass is 9.96. The first-order chi connectivity index (χ1) is 13.4. The minimum Gasteiger partial charge on any atom is -0.355 e. The number of likely N-dealkylation sites (tertiary alicyclic amines) is 1. The molecular weight excluding hydrogens is 374 g/mol. The summed E-state index contributed by atoms with van der Waals surface area (Å²) in [5.74, 6) is 0.208. The second-order valence-corrected chi connectivity index (χ2v) is 8.98. The van der Waals surface area contributed by atoms with E-state index in [2.05, 4.69) is 9.71 Å². The number of nitrogens with zero attached hydrogens (tertiary/aromatic N) is 2. The molecule has 0 unspecified atom stereocenters. The molecule has 0 spiro atoms. The Kier molecular flexibility index (Phi) is 4.71. The van der Waals surface area contributed by atoms with E-state index in [9.17, 15) is 13.2 Å². The zero-order valence-electron chi connectivity index (χ0n) is 16.0. The molecule has 2 aliphatic rings. The molecule has 0 bridgehead atoms. The number of benzene rings is 2. The summed E-state index contributed by atoms with van der Waals surface area (Å²) in [6.07, 6.45) is 1.58. The number of fused-ring (bicyclic) bond motifs is 1. The number of piperidine rings is 1. The summed E-state index contributed by atoms with van der Waals surface area (Å²) < 4.78 is 28.7. The highest BCUT2D eigenvalue weighted by Crippen LogP contribution is 2.30. The SMILES string of the molecule is Cc1cccc(NC(=O)[C@H]2CCCN(C3=NS(=O)(=O)c4ccccc43)C2)c1C. The number of sulfonamides is 1. The lowest BCUT2D eigenvalue weighted by Gasteiger charge is -2.33. The van der Waals surface area contributed by atoms with Crippen LogP contribution in [0, 0.1) is 19.8 Å². The van der Waals surface area contributed by atoms with Gasteiger partial charge in [0.25, 0.3) is 10.0 Å². The topological polar surface area (TPSA) is 78.8 Å². The Morgan fingerprint density at radius 1 is 1.14 bits per heavy atom. The van der Waals surface area contributed by atoms with Gasteiger partial charge < -0.3 is 10.2 Å². The Hall–Kier alpha value is -2.67. The van der Waals surface area contributed by atoms with Crippen molar-refractivity contribution in [1.29, 1.82) is 0 Å². The summed E-state index contributed by atoms with van der Waals surface area (Å²) in [6, 6.07) is 12.7. The van der Waals surface area contributed by atoms with Crippen LogP contribution in [0.25, 0.3) is 0 Å². The highest BCUT2D eigenvalue weighted by atomic mass is 32.2. The summed E-state index contributed by atoms with van der Waals surface area (Å²) in [5.41, 5.74) is 3.64. The highest BCUT2D eigenvalue weighted by molar-refractivity contribution is 7.90. The quantitative estimate of drug-likeness (QED) is 0.845. The van der Waals surface area contributed by atoms with Gasteiger partial charge in [-0.3, -0.25) is 4.79 Å². The van der Waals surface area contributed by atoms with E-state index in [0.717, 1.165) is 29.7 Å². The van der Waals surface area contributed by atoms with Gasteiger partial charge in [0.05, 0.1) is 5.92 Å². The van der Waals surface area contributed by atoms with Crippen molar-refractivity contribution in [3.8, 4) is 0 Å². The van der Waals surface area contributed by atoms with Crippen molar-refractivity contribution in [2.75, 3.05) is 18.4 Å². The van der Waals surface area contributed by atoms with E-state index in [0.29, 0.717) is 24.5 Å². The highest BCUT2D eigenvalue weighted by Gasteiger charge is 2.35. The number of anilines is 1. The van der Waals surface area contributed by atoms with Crippen LogP contribution in [0.3, 0.4) is 0 Å². The third-order valence-corrected chi connectivity index (χ3v) is 6.89. The molecule has 1 fully saturated rings. The Labute approximate surface area is 165 Å². The number of aryl methyl sites for hydroxylation is 1. The van der Waals surface area contributed by atoms with Crippen LogP contribution in [0.15, 0.2) is 51.8 Å². The van der Waals surface area contributed by atoms with Crippen LogP contribution in [-0.2, 0) is 14.8 Å². The maximum Gasteiger partial charge on any atom is 0.285 e. The number of amidine groups is 1. The van der Waals surface area contributed by atoms with Crippen molar-refractivity contribution in [3.63, 3.8) is 0 Å². The molecular formula is C21H23N3O3S. The number of carbonyl (C=O) groups excluding carboxylic acids is 1. The number of amides is 1. The van der Waals surface area contributed by atoms with Gasteiger partial charge in [0.2, 0.25) is 5.91 Å². The molecule has 0 radical (unpaired) electrons.